The summed E-state index contributed by atoms with van der Waals surface area (Å²) in [6.07, 6.45) is -2.82. The van der Waals surface area contributed by atoms with E-state index < -0.39 is 27.7 Å². The first-order valence-corrected chi connectivity index (χ1v) is 11.1. The molecular weight excluding hydrogens is 417 g/mol. The van der Waals surface area contributed by atoms with Gasteiger partial charge < -0.3 is 5.32 Å². The summed E-state index contributed by atoms with van der Waals surface area (Å²) in [5.41, 5.74) is -0.235. The summed E-state index contributed by atoms with van der Waals surface area (Å²) in [5.74, 6) is 0.00232. The predicted octanol–water partition coefficient (Wildman–Crippen LogP) is 4.06. The molecule has 3 rings (SSSR count). The second kappa shape index (κ2) is 8.77. The fourth-order valence-electron chi connectivity index (χ4n) is 3.29. The van der Waals surface area contributed by atoms with Crippen molar-refractivity contribution in [1.82, 2.24) is 9.62 Å². The molecule has 1 amide bonds. The van der Waals surface area contributed by atoms with Crippen molar-refractivity contribution in [2.24, 2.45) is 5.92 Å². The number of piperidine rings is 1. The van der Waals surface area contributed by atoms with E-state index in [9.17, 15) is 26.4 Å². The van der Waals surface area contributed by atoms with Crippen LogP contribution in [-0.2, 0) is 22.7 Å². The number of halogens is 3. The molecule has 5 nitrogen and oxygen atoms in total. The van der Waals surface area contributed by atoms with Gasteiger partial charge in [0.15, 0.2) is 0 Å². The van der Waals surface area contributed by atoms with E-state index in [1.165, 1.54) is 40.7 Å². The maximum atomic E-state index is 12.8. The van der Waals surface area contributed by atoms with Crippen LogP contribution >= 0.6 is 0 Å². The van der Waals surface area contributed by atoms with Gasteiger partial charge in [-0.2, -0.15) is 17.5 Å². The summed E-state index contributed by atoms with van der Waals surface area (Å²) < 4.78 is 65.3. The third-order valence-corrected chi connectivity index (χ3v) is 7.12. The number of amides is 1. The number of benzene rings is 2. The Morgan fingerprint density at radius 3 is 2.33 bits per heavy atom. The molecule has 0 radical (unpaired) electrons. The second-order valence-electron chi connectivity index (χ2n) is 7.49. The summed E-state index contributed by atoms with van der Waals surface area (Å²) in [6, 6.07) is 10.3. The van der Waals surface area contributed by atoms with Crippen molar-refractivity contribution in [3.63, 3.8) is 0 Å². The minimum absolute atomic E-state index is 0.0746. The molecule has 0 spiro atoms. The fourth-order valence-corrected chi connectivity index (χ4v) is 4.76. The van der Waals surface area contributed by atoms with Gasteiger partial charge in [-0.1, -0.05) is 19.1 Å². The summed E-state index contributed by atoms with van der Waals surface area (Å²) in [7, 11) is -3.61. The molecule has 1 aliphatic rings. The van der Waals surface area contributed by atoms with Crippen LogP contribution in [0.2, 0.25) is 0 Å². The number of nitrogens with zero attached hydrogens (tertiary/aromatic N) is 1. The zero-order valence-electron chi connectivity index (χ0n) is 16.4. The topological polar surface area (TPSA) is 66.5 Å². The summed E-state index contributed by atoms with van der Waals surface area (Å²) in [6.45, 7) is 2.97. The van der Waals surface area contributed by atoms with E-state index in [2.05, 4.69) is 12.2 Å². The third-order valence-electron chi connectivity index (χ3n) is 5.20. The van der Waals surface area contributed by atoms with Crippen LogP contribution in [0.5, 0.6) is 0 Å². The van der Waals surface area contributed by atoms with Gasteiger partial charge in [0, 0.05) is 25.2 Å². The number of rotatable bonds is 5. The lowest BCUT2D eigenvalue weighted by molar-refractivity contribution is -0.137. The molecule has 0 atom stereocenters. The quantitative estimate of drug-likeness (QED) is 0.763. The Morgan fingerprint density at radius 2 is 1.73 bits per heavy atom. The normalized spacial score (nSPS) is 16.4. The van der Waals surface area contributed by atoms with Crippen LogP contribution in [0.15, 0.2) is 53.4 Å². The molecule has 1 aliphatic heterocycles. The fraction of sp³-hybridized carbons (Fsp3) is 0.381. The van der Waals surface area contributed by atoms with Crippen LogP contribution in [0, 0.1) is 5.92 Å². The van der Waals surface area contributed by atoms with Gasteiger partial charge in [-0.05, 0) is 60.7 Å². The zero-order valence-corrected chi connectivity index (χ0v) is 17.3. The van der Waals surface area contributed by atoms with Crippen molar-refractivity contribution in [2.45, 2.75) is 37.4 Å². The molecule has 1 saturated heterocycles. The van der Waals surface area contributed by atoms with Crippen molar-refractivity contribution in [3.8, 4) is 0 Å². The van der Waals surface area contributed by atoms with Crippen molar-refractivity contribution in [2.75, 3.05) is 13.1 Å². The standard InChI is InChI=1S/C21H23F3N2O3S/c1-15-9-11-26(12-10-15)30(28,29)19-7-5-17(6-8-19)20(27)25-14-16-3-2-4-18(13-16)21(22,23)24/h2-8,13,15H,9-12,14H2,1H3,(H,25,27). The van der Waals surface area contributed by atoms with Gasteiger partial charge in [0.25, 0.3) is 5.91 Å². The first-order chi connectivity index (χ1) is 14.1. The average molecular weight is 440 g/mol. The Kier molecular flexibility index (Phi) is 6.52. The highest BCUT2D eigenvalue weighted by Gasteiger charge is 2.30. The van der Waals surface area contributed by atoms with Gasteiger partial charge in [-0.3, -0.25) is 4.79 Å². The number of sulfonamides is 1. The Morgan fingerprint density at radius 1 is 1.10 bits per heavy atom. The van der Waals surface area contributed by atoms with Crippen LogP contribution in [0.1, 0.15) is 41.3 Å². The first kappa shape index (κ1) is 22.3. The Labute approximate surface area is 173 Å². The molecule has 1 heterocycles. The van der Waals surface area contributed by atoms with Crippen LogP contribution < -0.4 is 5.32 Å². The molecule has 0 unspecified atom stereocenters. The average Bonchev–Trinajstić information content (AvgIpc) is 2.72. The van der Waals surface area contributed by atoms with Gasteiger partial charge in [-0.15, -0.1) is 0 Å². The smallest absolute Gasteiger partial charge is 0.348 e. The Balaban J connectivity index is 1.64. The van der Waals surface area contributed by atoms with Gasteiger partial charge in [0.2, 0.25) is 10.0 Å². The van der Waals surface area contributed by atoms with E-state index in [1.54, 1.807) is 0 Å². The number of alkyl halides is 3. The molecule has 0 bridgehead atoms. The minimum atomic E-state index is -4.45. The first-order valence-electron chi connectivity index (χ1n) is 9.62. The SMILES string of the molecule is CC1CCN(S(=O)(=O)c2ccc(C(=O)NCc3cccc(C(F)(F)F)c3)cc2)CC1. The van der Waals surface area contributed by atoms with Crippen molar-refractivity contribution in [3.05, 3.63) is 65.2 Å². The molecule has 162 valence electrons. The Hall–Kier alpha value is -2.39. The maximum absolute atomic E-state index is 12.8. The lowest BCUT2D eigenvalue weighted by Gasteiger charge is -2.29. The third kappa shape index (κ3) is 5.20. The van der Waals surface area contributed by atoms with Crippen LogP contribution in [0.4, 0.5) is 13.2 Å². The number of hydrogen-bond acceptors (Lipinski definition) is 3. The minimum Gasteiger partial charge on any atom is -0.348 e. The monoisotopic (exact) mass is 440 g/mol. The number of carbonyl (C=O) groups is 1. The summed E-state index contributed by atoms with van der Waals surface area (Å²) in [4.78, 5) is 12.4. The lowest BCUT2D eigenvalue weighted by Crippen LogP contribution is -2.37. The Bertz CT molecular complexity index is 997. The maximum Gasteiger partial charge on any atom is 0.416 e. The molecule has 2 aromatic rings. The van der Waals surface area contributed by atoms with Gasteiger partial charge in [0.05, 0.1) is 10.5 Å². The molecule has 30 heavy (non-hydrogen) atoms. The highest BCUT2D eigenvalue weighted by molar-refractivity contribution is 7.89. The number of carbonyl (C=O) groups excluding carboxylic acids is 1. The van der Waals surface area contributed by atoms with Crippen molar-refractivity contribution < 1.29 is 26.4 Å². The van der Waals surface area contributed by atoms with E-state index in [0.29, 0.717) is 24.6 Å². The van der Waals surface area contributed by atoms with E-state index in [4.69, 9.17) is 0 Å². The highest BCUT2D eigenvalue weighted by atomic mass is 32.2. The van der Waals surface area contributed by atoms with E-state index in [0.717, 1.165) is 25.0 Å². The van der Waals surface area contributed by atoms with E-state index in [1.807, 2.05) is 0 Å². The van der Waals surface area contributed by atoms with Gasteiger partial charge in [-0.25, -0.2) is 8.42 Å². The van der Waals surface area contributed by atoms with Crippen molar-refractivity contribution in [1.29, 1.82) is 0 Å². The number of hydrogen-bond donors (Lipinski definition) is 1. The summed E-state index contributed by atoms with van der Waals surface area (Å²) >= 11 is 0. The molecule has 1 N–H and O–H groups in total. The van der Waals surface area contributed by atoms with Crippen LogP contribution in [0.3, 0.4) is 0 Å². The second-order valence-corrected chi connectivity index (χ2v) is 9.43. The molecule has 0 aromatic heterocycles. The zero-order chi connectivity index (χ0) is 21.9. The molecule has 9 heteroatoms. The van der Waals surface area contributed by atoms with Crippen molar-refractivity contribution >= 4 is 15.9 Å². The molecule has 0 aliphatic carbocycles. The summed E-state index contributed by atoms with van der Waals surface area (Å²) in [5, 5.41) is 2.55. The van der Waals surface area contributed by atoms with Gasteiger partial charge in [0.1, 0.15) is 0 Å². The molecular formula is C21H23F3N2O3S. The predicted molar refractivity (Wildman–Crippen MR) is 106 cm³/mol. The molecule has 2 aromatic carbocycles. The van der Waals surface area contributed by atoms with E-state index >= 15 is 0 Å². The lowest BCUT2D eigenvalue weighted by atomic mass is 10.0. The van der Waals surface area contributed by atoms with Crippen LogP contribution in [-0.4, -0.2) is 31.7 Å². The largest absolute Gasteiger partial charge is 0.416 e. The van der Waals surface area contributed by atoms with Crippen LogP contribution in [0.25, 0.3) is 0 Å². The molecule has 1 fully saturated rings. The number of nitrogens with one attached hydrogen (secondary N) is 1. The molecule has 0 saturated carbocycles. The van der Waals surface area contributed by atoms with Gasteiger partial charge >= 0.3 is 6.18 Å². The highest BCUT2D eigenvalue weighted by Crippen LogP contribution is 2.29. The van der Waals surface area contributed by atoms with E-state index in [-0.39, 0.29) is 17.0 Å².